The van der Waals surface area contributed by atoms with Crippen molar-refractivity contribution in [2.24, 2.45) is 5.92 Å². The van der Waals surface area contributed by atoms with Crippen molar-refractivity contribution in [3.63, 3.8) is 0 Å². The molecule has 0 bridgehead atoms. The molecular formula is C17H17FN2O3S. The summed E-state index contributed by atoms with van der Waals surface area (Å²) in [4.78, 5) is 30.0. The molecule has 1 aliphatic rings. The number of amides is 1. The summed E-state index contributed by atoms with van der Waals surface area (Å²) in [5.41, 5.74) is 0.925. The summed E-state index contributed by atoms with van der Waals surface area (Å²) in [6.45, 7) is 0.827. The van der Waals surface area contributed by atoms with Crippen molar-refractivity contribution in [3.05, 3.63) is 51.7 Å². The number of halogens is 1. The Morgan fingerprint density at radius 2 is 2.08 bits per heavy atom. The zero-order valence-electron chi connectivity index (χ0n) is 12.9. The second-order valence-corrected chi connectivity index (χ2v) is 6.97. The molecule has 126 valence electrons. The smallest absolute Gasteiger partial charge is 0.308 e. The van der Waals surface area contributed by atoms with E-state index in [0.717, 1.165) is 10.6 Å². The summed E-state index contributed by atoms with van der Waals surface area (Å²) in [6.07, 6.45) is 3.38. The molecule has 24 heavy (non-hydrogen) atoms. The Labute approximate surface area is 142 Å². The number of aliphatic carboxylic acids is 1. The van der Waals surface area contributed by atoms with Crippen LogP contribution in [-0.4, -0.2) is 40.0 Å². The van der Waals surface area contributed by atoms with E-state index in [1.165, 1.54) is 29.7 Å². The first kappa shape index (κ1) is 16.6. The third-order valence-corrected chi connectivity index (χ3v) is 5.08. The number of hydrogen-bond donors (Lipinski definition) is 1. The Morgan fingerprint density at radius 3 is 2.79 bits per heavy atom. The topological polar surface area (TPSA) is 70.5 Å². The SMILES string of the molecule is O=C(O)[C@H]1CCCN(C(=O)c2cnc(Cc3ccc(F)cc3)s2)C1. The van der Waals surface area contributed by atoms with Gasteiger partial charge in [-0.1, -0.05) is 12.1 Å². The standard InChI is InChI=1S/C17H17FN2O3S/c18-13-5-3-11(4-6-13)8-15-19-9-14(24-15)16(21)20-7-1-2-12(10-20)17(22)23/h3-6,9,12H,1-2,7-8,10H2,(H,22,23)/t12-/m0/s1. The highest BCUT2D eigenvalue weighted by Gasteiger charge is 2.29. The van der Waals surface area contributed by atoms with Gasteiger partial charge in [0.25, 0.3) is 5.91 Å². The number of carboxylic acids is 1. The van der Waals surface area contributed by atoms with E-state index in [1.54, 1.807) is 17.0 Å². The van der Waals surface area contributed by atoms with Crippen LogP contribution in [0.2, 0.25) is 0 Å². The molecule has 0 spiro atoms. The number of aromatic nitrogens is 1. The molecule has 2 heterocycles. The predicted octanol–water partition coefficient (Wildman–Crippen LogP) is 2.81. The van der Waals surface area contributed by atoms with Gasteiger partial charge < -0.3 is 10.0 Å². The number of benzene rings is 1. The fourth-order valence-electron chi connectivity index (χ4n) is 2.79. The van der Waals surface area contributed by atoms with Crippen molar-refractivity contribution in [3.8, 4) is 0 Å². The van der Waals surface area contributed by atoms with Crippen LogP contribution < -0.4 is 0 Å². The highest BCUT2D eigenvalue weighted by Crippen LogP contribution is 2.22. The van der Waals surface area contributed by atoms with Crippen LogP contribution in [-0.2, 0) is 11.2 Å². The van der Waals surface area contributed by atoms with E-state index in [-0.39, 0.29) is 18.3 Å². The minimum Gasteiger partial charge on any atom is -0.481 e. The molecule has 0 aliphatic carbocycles. The van der Waals surface area contributed by atoms with Gasteiger partial charge in [0, 0.05) is 19.5 Å². The molecule has 1 atom stereocenters. The first-order valence-electron chi connectivity index (χ1n) is 7.74. The quantitative estimate of drug-likeness (QED) is 0.922. The maximum Gasteiger partial charge on any atom is 0.308 e. The Kier molecular flexibility index (Phi) is 4.89. The summed E-state index contributed by atoms with van der Waals surface area (Å²) in [7, 11) is 0. The average Bonchev–Trinajstić information content (AvgIpc) is 3.05. The van der Waals surface area contributed by atoms with Gasteiger partial charge in [-0.2, -0.15) is 0 Å². The monoisotopic (exact) mass is 348 g/mol. The summed E-state index contributed by atoms with van der Waals surface area (Å²) >= 11 is 1.30. The molecular weight excluding hydrogens is 331 g/mol. The molecule has 1 amide bonds. The molecule has 1 aromatic heterocycles. The lowest BCUT2D eigenvalue weighted by molar-refractivity contribution is -0.143. The van der Waals surface area contributed by atoms with Crippen molar-refractivity contribution in [2.75, 3.05) is 13.1 Å². The summed E-state index contributed by atoms with van der Waals surface area (Å²) in [5.74, 6) is -1.79. The van der Waals surface area contributed by atoms with Crippen LogP contribution in [0.15, 0.2) is 30.5 Å². The zero-order chi connectivity index (χ0) is 17.1. The van der Waals surface area contributed by atoms with Crippen LogP contribution in [0, 0.1) is 11.7 Å². The first-order valence-corrected chi connectivity index (χ1v) is 8.56. The number of piperidine rings is 1. The van der Waals surface area contributed by atoms with Crippen LogP contribution in [0.1, 0.15) is 33.1 Å². The number of hydrogen-bond acceptors (Lipinski definition) is 4. The van der Waals surface area contributed by atoms with Crippen LogP contribution >= 0.6 is 11.3 Å². The summed E-state index contributed by atoms with van der Waals surface area (Å²) in [5, 5.41) is 9.90. The number of carbonyl (C=O) groups is 2. The van der Waals surface area contributed by atoms with Gasteiger partial charge in [0.1, 0.15) is 10.7 Å². The van der Waals surface area contributed by atoms with Crippen LogP contribution in [0.5, 0.6) is 0 Å². The van der Waals surface area contributed by atoms with Crippen molar-refractivity contribution in [1.29, 1.82) is 0 Å². The molecule has 1 fully saturated rings. The van der Waals surface area contributed by atoms with Gasteiger partial charge in [0.05, 0.1) is 17.1 Å². The van der Waals surface area contributed by atoms with E-state index in [4.69, 9.17) is 5.11 Å². The average molecular weight is 348 g/mol. The van der Waals surface area contributed by atoms with Gasteiger partial charge in [0.15, 0.2) is 0 Å². The van der Waals surface area contributed by atoms with Crippen molar-refractivity contribution < 1.29 is 19.1 Å². The van der Waals surface area contributed by atoms with Gasteiger partial charge >= 0.3 is 5.97 Å². The number of carboxylic acid groups (broad SMARTS) is 1. The van der Waals surface area contributed by atoms with E-state index in [1.807, 2.05) is 0 Å². The number of rotatable bonds is 4. The lowest BCUT2D eigenvalue weighted by Crippen LogP contribution is -2.42. The fourth-order valence-corrected chi connectivity index (χ4v) is 3.71. The van der Waals surface area contributed by atoms with Crippen LogP contribution in [0.4, 0.5) is 4.39 Å². The van der Waals surface area contributed by atoms with E-state index in [2.05, 4.69) is 4.98 Å². The molecule has 1 aliphatic heterocycles. The Bertz CT molecular complexity index is 745. The molecule has 0 saturated carbocycles. The third-order valence-electron chi connectivity index (χ3n) is 4.09. The number of nitrogens with zero attached hydrogens (tertiary/aromatic N) is 2. The van der Waals surface area contributed by atoms with Crippen LogP contribution in [0.25, 0.3) is 0 Å². The lowest BCUT2D eigenvalue weighted by atomic mass is 9.98. The largest absolute Gasteiger partial charge is 0.481 e. The minimum absolute atomic E-state index is 0.163. The minimum atomic E-state index is -0.853. The molecule has 1 N–H and O–H groups in total. The number of likely N-dealkylation sites (tertiary alicyclic amines) is 1. The first-order chi connectivity index (χ1) is 11.5. The fraction of sp³-hybridized carbons (Fsp3) is 0.353. The molecule has 3 rings (SSSR count). The molecule has 7 heteroatoms. The van der Waals surface area contributed by atoms with Crippen molar-refractivity contribution in [2.45, 2.75) is 19.3 Å². The molecule has 5 nitrogen and oxygen atoms in total. The van der Waals surface area contributed by atoms with E-state index < -0.39 is 11.9 Å². The molecule has 1 saturated heterocycles. The molecule has 2 aromatic rings. The highest BCUT2D eigenvalue weighted by atomic mass is 32.1. The van der Waals surface area contributed by atoms with Gasteiger partial charge in [0.2, 0.25) is 0 Å². The summed E-state index contributed by atoms with van der Waals surface area (Å²) < 4.78 is 12.9. The van der Waals surface area contributed by atoms with E-state index in [9.17, 15) is 14.0 Å². The Balaban J connectivity index is 1.67. The van der Waals surface area contributed by atoms with Crippen LogP contribution in [0.3, 0.4) is 0 Å². The lowest BCUT2D eigenvalue weighted by Gasteiger charge is -2.30. The zero-order valence-corrected chi connectivity index (χ0v) is 13.8. The Hall–Kier alpha value is -2.28. The van der Waals surface area contributed by atoms with E-state index >= 15 is 0 Å². The predicted molar refractivity (Wildman–Crippen MR) is 87.6 cm³/mol. The number of carbonyl (C=O) groups excluding carboxylic acids is 1. The van der Waals surface area contributed by atoms with Crippen molar-refractivity contribution >= 4 is 23.2 Å². The molecule has 1 aromatic carbocycles. The third kappa shape index (κ3) is 3.79. The van der Waals surface area contributed by atoms with Crippen molar-refractivity contribution in [1.82, 2.24) is 9.88 Å². The van der Waals surface area contributed by atoms with E-state index in [0.29, 0.717) is 30.7 Å². The van der Waals surface area contributed by atoms with Gasteiger partial charge in [-0.3, -0.25) is 9.59 Å². The molecule has 0 radical (unpaired) electrons. The maximum atomic E-state index is 12.9. The van der Waals surface area contributed by atoms with Gasteiger partial charge in [-0.05, 0) is 30.5 Å². The van der Waals surface area contributed by atoms with Gasteiger partial charge in [-0.25, -0.2) is 9.37 Å². The maximum absolute atomic E-state index is 12.9. The summed E-state index contributed by atoms with van der Waals surface area (Å²) in [6, 6.07) is 6.18. The number of thiazole rings is 1. The Morgan fingerprint density at radius 1 is 1.33 bits per heavy atom. The van der Waals surface area contributed by atoms with Gasteiger partial charge in [-0.15, -0.1) is 11.3 Å². The highest BCUT2D eigenvalue weighted by molar-refractivity contribution is 7.13. The molecule has 0 unspecified atom stereocenters. The second kappa shape index (κ2) is 7.09. The second-order valence-electron chi connectivity index (χ2n) is 5.85. The normalized spacial score (nSPS) is 17.7.